The Balaban J connectivity index is -0.0000000720. The lowest BCUT2D eigenvalue weighted by atomic mass is 10.6. The summed E-state index contributed by atoms with van der Waals surface area (Å²) in [5.41, 5.74) is 0. The highest BCUT2D eigenvalue weighted by molar-refractivity contribution is 6.17. The zero-order chi connectivity index (χ0) is 6.99. The Labute approximate surface area is 69.8 Å². The van der Waals surface area contributed by atoms with Gasteiger partial charge in [0, 0.05) is 5.88 Å². The van der Waals surface area contributed by atoms with Gasteiger partial charge in [-0.15, -0.1) is 24.0 Å². The van der Waals surface area contributed by atoms with Gasteiger partial charge in [-0.3, -0.25) is 0 Å². The Morgan fingerprint density at radius 3 is 1.33 bits per heavy atom. The largest absolute Gasteiger partial charge is 0.312 e. The summed E-state index contributed by atoms with van der Waals surface area (Å²) >= 11 is 5.19. The van der Waals surface area contributed by atoms with Crippen LogP contribution in [0.4, 0.5) is 0 Å². The van der Waals surface area contributed by atoms with E-state index in [0.29, 0.717) is 0 Å². The Kier molecular flexibility index (Phi) is 28.6. The van der Waals surface area contributed by atoms with Gasteiger partial charge in [0.15, 0.2) is 0 Å². The average molecular weight is 174 g/mol. The van der Waals surface area contributed by atoms with Crippen LogP contribution < -0.4 is 0 Å². The molecule has 0 aromatic rings. The van der Waals surface area contributed by atoms with Gasteiger partial charge in [0.05, 0.1) is 0 Å². The molecule has 9 heavy (non-hydrogen) atoms. The standard InChI is InChI=1S/C3H7Cl.C3H9N.ClH/c1-2-3-4;1-4(2)3;/h2-3H2,1H3;1-3H3;1H. The van der Waals surface area contributed by atoms with Crippen LogP contribution in [0.2, 0.25) is 0 Å². The minimum atomic E-state index is 0. The van der Waals surface area contributed by atoms with E-state index >= 15 is 0 Å². The molecule has 0 N–H and O–H groups in total. The van der Waals surface area contributed by atoms with Crippen molar-refractivity contribution in [3.8, 4) is 0 Å². The van der Waals surface area contributed by atoms with Crippen LogP contribution in [0, 0.1) is 0 Å². The fraction of sp³-hybridized carbons (Fsp3) is 1.00. The summed E-state index contributed by atoms with van der Waals surface area (Å²) < 4.78 is 0. The lowest BCUT2D eigenvalue weighted by molar-refractivity contribution is 0.505. The molecule has 0 saturated carbocycles. The van der Waals surface area contributed by atoms with Gasteiger partial charge in [-0.25, -0.2) is 0 Å². The first-order chi connectivity index (χ1) is 3.65. The molecular formula is C6H17Cl2N. The van der Waals surface area contributed by atoms with Crippen molar-refractivity contribution in [1.29, 1.82) is 0 Å². The van der Waals surface area contributed by atoms with E-state index in [-0.39, 0.29) is 12.4 Å². The second-order valence-electron chi connectivity index (χ2n) is 2.03. The van der Waals surface area contributed by atoms with E-state index in [1.807, 2.05) is 33.0 Å². The molecule has 0 atom stereocenters. The maximum Gasteiger partial charge on any atom is 0.0220 e. The van der Waals surface area contributed by atoms with Crippen LogP contribution in [0.15, 0.2) is 0 Å². The number of rotatable bonds is 1. The van der Waals surface area contributed by atoms with E-state index in [1.165, 1.54) is 0 Å². The molecular weight excluding hydrogens is 157 g/mol. The average Bonchev–Trinajstić information content (AvgIpc) is 1.65. The van der Waals surface area contributed by atoms with Gasteiger partial charge in [0.1, 0.15) is 0 Å². The number of nitrogens with zero attached hydrogens (tertiary/aromatic N) is 1. The normalized spacial score (nSPS) is 7.33. The molecule has 0 unspecified atom stereocenters. The third-order valence-electron chi connectivity index (χ3n) is 0.189. The summed E-state index contributed by atoms with van der Waals surface area (Å²) in [7, 11) is 6.00. The lowest BCUT2D eigenvalue weighted by Crippen LogP contribution is -1.99. The predicted octanol–water partition coefficient (Wildman–Crippen LogP) is 2.23. The molecule has 0 saturated heterocycles. The zero-order valence-corrected chi connectivity index (χ0v) is 8.22. The second kappa shape index (κ2) is 15.8. The summed E-state index contributed by atoms with van der Waals surface area (Å²) in [5.74, 6) is 0.792. The summed E-state index contributed by atoms with van der Waals surface area (Å²) in [4.78, 5) is 2.00. The summed E-state index contributed by atoms with van der Waals surface area (Å²) in [5, 5.41) is 0. The van der Waals surface area contributed by atoms with E-state index in [1.54, 1.807) is 0 Å². The first-order valence-corrected chi connectivity index (χ1v) is 3.35. The Morgan fingerprint density at radius 1 is 1.22 bits per heavy atom. The Hall–Kier alpha value is 0.540. The molecule has 0 aromatic heterocycles. The molecule has 1 nitrogen and oxygen atoms in total. The van der Waals surface area contributed by atoms with E-state index in [0.717, 1.165) is 12.3 Å². The van der Waals surface area contributed by atoms with Crippen LogP contribution in [0.25, 0.3) is 0 Å². The summed E-state index contributed by atoms with van der Waals surface area (Å²) in [6.07, 6.45) is 1.08. The van der Waals surface area contributed by atoms with E-state index < -0.39 is 0 Å². The van der Waals surface area contributed by atoms with Crippen LogP contribution in [0.3, 0.4) is 0 Å². The maximum absolute atomic E-state index is 5.19. The van der Waals surface area contributed by atoms with Crippen LogP contribution >= 0.6 is 24.0 Å². The Morgan fingerprint density at radius 2 is 1.33 bits per heavy atom. The first kappa shape index (κ1) is 16.3. The third-order valence-corrected chi connectivity index (χ3v) is 0.567. The van der Waals surface area contributed by atoms with Crippen LogP contribution in [-0.2, 0) is 0 Å². The summed E-state index contributed by atoms with van der Waals surface area (Å²) in [6.45, 7) is 2.05. The molecule has 0 aromatic carbocycles. The van der Waals surface area contributed by atoms with Gasteiger partial charge in [0.25, 0.3) is 0 Å². The SMILES string of the molecule is CCCCl.CN(C)C.Cl. The third kappa shape index (κ3) is 154. The van der Waals surface area contributed by atoms with E-state index in [4.69, 9.17) is 11.6 Å². The molecule has 0 radical (unpaired) electrons. The number of hydrogen-bond donors (Lipinski definition) is 0. The molecule has 0 aliphatic carbocycles. The van der Waals surface area contributed by atoms with Crippen molar-refractivity contribution < 1.29 is 0 Å². The van der Waals surface area contributed by atoms with Crippen molar-refractivity contribution in [2.75, 3.05) is 27.0 Å². The molecule has 0 amide bonds. The maximum atomic E-state index is 5.19. The van der Waals surface area contributed by atoms with Crippen LogP contribution in [0.5, 0.6) is 0 Å². The van der Waals surface area contributed by atoms with Gasteiger partial charge in [-0.2, -0.15) is 0 Å². The fourth-order valence-corrected chi connectivity index (χ4v) is 0. The smallest absolute Gasteiger partial charge is 0.0220 e. The highest BCUT2D eigenvalue weighted by atomic mass is 35.5. The molecule has 0 rings (SSSR count). The van der Waals surface area contributed by atoms with Gasteiger partial charge >= 0.3 is 0 Å². The fourth-order valence-electron chi connectivity index (χ4n) is 0. The molecule has 0 aliphatic rings. The number of halogens is 2. The molecule has 3 heteroatoms. The van der Waals surface area contributed by atoms with Crippen molar-refractivity contribution in [2.45, 2.75) is 13.3 Å². The van der Waals surface area contributed by atoms with Gasteiger partial charge in [-0.05, 0) is 27.6 Å². The molecule has 0 spiro atoms. The van der Waals surface area contributed by atoms with Crippen LogP contribution in [0.1, 0.15) is 13.3 Å². The minimum Gasteiger partial charge on any atom is -0.312 e. The van der Waals surface area contributed by atoms with Crippen molar-refractivity contribution in [3.63, 3.8) is 0 Å². The highest BCUT2D eigenvalue weighted by Gasteiger charge is 1.59. The van der Waals surface area contributed by atoms with Crippen molar-refractivity contribution in [2.24, 2.45) is 0 Å². The lowest BCUT2D eigenvalue weighted by Gasteiger charge is -1.90. The quantitative estimate of drug-likeness (QED) is 0.551. The molecule has 0 bridgehead atoms. The van der Waals surface area contributed by atoms with Gasteiger partial charge in [-0.1, -0.05) is 6.92 Å². The molecule has 0 fully saturated rings. The van der Waals surface area contributed by atoms with E-state index in [2.05, 4.69) is 0 Å². The van der Waals surface area contributed by atoms with Crippen molar-refractivity contribution >= 4 is 24.0 Å². The van der Waals surface area contributed by atoms with Crippen molar-refractivity contribution in [3.05, 3.63) is 0 Å². The molecule has 60 valence electrons. The number of hydrogen-bond acceptors (Lipinski definition) is 1. The second-order valence-corrected chi connectivity index (χ2v) is 2.41. The predicted molar refractivity (Wildman–Crippen MR) is 47.9 cm³/mol. The van der Waals surface area contributed by atoms with Gasteiger partial charge in [0.2, 0.25) is 0 Å². The number of alkyl halides is 1. The van der Waals surface area contributed by atoms with Crippen LogP contribution in [-0.4, -0.2) is 31.9 Å². The molecule has 0 heterocycles. The van der Waals surface area contributed by atoms with E-state index in [9.17, 15) is 0 Å². The first-order valence-electron chi connectivity index (χ1n) is 2.82. The van der Waals surface area contributed by atoms with Crippen molar-refractivity contribution in [1.82, 2.24) is 4.90 Å². The molecule has 0 aliphatic heterocycles. The monoisotopic (exact) mass is 173 g/mol. The zero-order valence-electron chi connectivity index (χ0n) is 6.65. The Bertz CT molecular complexity index is 27.5. The minimum absolute atomic E-state index is 0. The topological polar surface area (TPSA) is 3.24 Å². The highest BCUT2D eigenvalue weighted by Crippen LogP contribution is 1.75. The van der Waals surface area contributed by atoms with Gasteiger partial charge < -0.3 is 4.90 Å². The summed E-state index contributed by atoms with van der Waals surface area (Å²) in [6, 6.07) is 0.